The van der Waals surface area contributed by atoms with Crippen molar-refractivity contribution in [1.29, 1.82) is 0 Å². The number of amides is 1. The van der Waals surface area contributed by atoms with E-state index in [-0.39, 0.29) is 36.8 Å². The zero-order valence-electron chi connectivity index (χ0n) is 11.7. The van der Waals surface area contributed by atoms with E-state index in [0.29, 0.717) is 6.04 Å². The number of carbonyl (C=O) groups excluding carboxylic acids is 1. The molecule has 0 saturated carbocycles. The average Bonchev–Trinajstić information content (AvgIpc) is 2.90. The van der Waals surface area contributed by atoms with Crippen molar-refractivity contribution in [3.8, 4) is 0 Å². The Balaban J connectivity index is 0.00000162. The van der Waals surface area contributed by atoms with Crippen molar-refractivity contribution >= 4 is 30.7 Å². The van der Waals surface area contributed by atoms with Crippen LogP contribution in [-0.4, -0.2) is 49.1 Å². The molecule has 114 valence electrons. The molecule has 0 aromatic carbocycles. The Bertz CT molecular complexity index is 260. The number of nitrogens with one attached hydrogen (secondary N) is 2. The predicted octanol–water partition coefficient (Wildman–Crippen LogP) is 1.57. The van der Waals surface area contributed by atoms with E-state index >= 15 is 0 Å². The number of halogens is 2. The number of nitrogens with zero attached hydrogens (tertiary/aromatic N) is 1. The van der Waals surface area contributed by atoms with Crippen LogP contribution < -0.4 is 10.6 Å². The molecule has 0 spiro atoms. The summed E-state index contributed by atoms with van der Waals surface area (Å²) >= 11 is 0. The molecule has 0 aliphatic carbocycles. The second-order valence-electron chi connectivity index (χ2n) is 5.17. The molecule has 2 rings (SSSR count). The number of rotatable bonds is 4. The van der Waals surface area contributed by atoms with E-state index in [9.17, 15) is 4.79 Å². The normalized spacial score (nSPS) is 27.2. The van der Waals surface area contributed by atoms with Gasteiger partial charge in [0, 0.05) is 12.6 Å². The lowest BCUT2D eigenvalue weighted by Gasteiger charge is -2.35. The average molecular weight is 312 g/mol. The predicted molar refractivity (Wildman–Crippen MR) is 83.4 cm³/mol. The third-order valence-electron chi connectivity index (χ3n) is 4.04. The van der Waals surface area contributed by atoms with Gasteiger partial charge in [-0.15, -0.1) is 24.8 Å². The molecule has 0 aromatic rings. The van der Waals surface area contributed by atoms with Crippen LogP contribution >= 0.6 is 24.8 Å². The maximum atomic E-state index is 11.9. The number of carbonyl (C=O) groups is 1. The summed E-state index contributed by atoms with van der Waals surface area (Å²) in [7, 11) is 0. The van der Waals surface area contributed by atoms with Crippen LogP contribution in [-0.2, 0) is 4.79 Å². The highest BCUT2D eigenvalue weighted by Gasteiger charge is 2.25. The smallest absolute Gasteiger partial charge is 0.237 e. The van der Waals surface area contributed by atoms with Crippen LogP contribution in [0.1, 0.15) is 39.0 Å². The summed E-state index contributed by atoms with van der Waals surface area (Å²) in [5, 5.41) is 6.36. The minimum Gasteiger partial charge on any atom is -0.353 e. The summed E-state index contributed by atoms with van der Waals surface area (Å²) in [6.07, 6.45) is 5.96. The summed E-state index contributed by atoms with van der Waals surface area (Å²) in [6.45, 7) is 6.31. The van der Waals surface area contributed by atoms with Crippen molar-refractivity contribution in [2.45, 2.75) is 51.1 Å². The van der Waals surface area contributed by atoms with Gasteiger partial charge in [-0.2, -0.15) is 0 Å². The Morgan fingerprint density at radius 2 is 2.05 bits per heavy atom. The molecule has 2 heterocycles. The molecule has 2 atom stereocenters. The molecule has 4 nitrogen and oxygen atoms in total. The molecule has 2 unspecified atom stereocenters. The van der Waals surface area contributed by atoms with Gasteiger partial charge in [-0.3, -0.25) is 9.69 Å². The van der Waals surface area contributed by atoms with Gasteiger partial charge in [0.1, 0.15) is 0 Å². The fraction of sp³-hybridized carbons (Fsp3) is 0.923. The topological polar surface area (TPSA) is 44.4 Å². The summed E-state index contributed by atoms with van der Waals surface area (Å²) in [5.41, 5.74) is 0. The quantitative estimate of drug-likeness (QED) is 0.828. The lowest BCUT2D eigenvalue weighted by atomic mass is 10.0. The molecule has 1 amide bonds. The van der Waals surface area contributed by atoms with Crippen molar-refractivity contribution in [2.75, 3.05) is 26.2 Å². The van der Waals surface area contributed by atoms with Gasteiger partial charge in [-0.05, 0) is 45.3 Å². The number of likely N-dealkylation sites (tertiary alicyclic amines) is 1. The largest absolute Gasteiger partial charge is 0.353 e. The Morgan fingerprint density at radius 1 is 1.26 bits per heavy atom. The van der Waals surface area contributed by atoms with Crippen LogP contribution in [0.4, 0.5) is 0 Å². The molecular weight excluding hydrogens is 285 g/mol. The molecule has 2 aliphatic heterocycles. The van der Waals surface area contributed by atoms with Gasteiger partial charge in [0.25, 0.3) is 0 Å². The van der Waals surface area contributed by atoms with E-state index < -0.39 is 0 Å². The zero-order chi connectivity index (χ0) is 12.1. The minimum atomic E-state index is 0. The van der Waals surface area contributed by atoms with E-state index in [1.807, 2.05) is 0 Å². The molecule has 2 fully saturated rings. The van der Waals surface area contributed by atoms with Gasteiger partial charge in [0.2, 0.25) is 5.91 Å². The third-order valence-corrected chi connectivity index (χ3v) is 4.04. The zero-order valence-corrected chi connectivity index (χ0v) is 13.3. The molecule has 0 bridgehead atoms. The summed E-state index contributed by atoms with van der Waals surface area (Å²) in [5.74, 6) is 0.198. The third kappa shape index (κ3) is 5.46. The first kappa shape index (κ1) is 19.0. The first-order valence-electron chi connectivity index (χ1n) is 7.06. The Morgan fingerprint density at radius 3 is 2.68 bits per heavy atom. The first-order chi connectivity index (χ1) is 8.31. The second-order valence-corrected chi connectivity index (χ2v) is 5.17. The van der Waals surface area contributed by atoms with Crippen molar-refractivity contribution < 1.29 is 4.79 Å². The molecular formula is C13H27Cl2N3O. The van der Waals surface area contributed by atoms with E-state index in [1.165, 1.54) is 25.8 Å². The molecule has 0 radical (unpaired) electrons. The monoisotopic (exact) mass is 311 g/mol. The summed E-state index contributed by atoms with van der Waals surface area (Å²) in [4.78, 5) is 14.4. The Hall–Kier alpha value is -0.0300. The highest BCUT2D eigenvalue weighted by Crippen LogP contribution is 2.15. The number of piperidine rings is 1. The van der Waals surface area contributed by atoms with E-state index in [2.05, 4.69) is 22.5 Å². The first-order valence-corrected chi connectivity index (χ1v) is 7.06. The highest BCUT2D eigenvalue weighted by molar-refractivity contribution is 5.85. The van der Waals surface area contributed by atoms with Crippen molar-refractivity contribution in [2.24, 2.45) is 0 Å². The molecule has 19 heavy (non-hydrogen) atoms. The number of hydrogen-bond donors (Lipinski definition) is 2. The number of hydrogen-bond acceptors (Lipinski definition) is 3. The lowest BCUT2D eigenvalue weighted by Crippen LogP contribution is -2.49. The minimum absolute atomic E-state index is 0. The van der Waals surface area contributed by atoms with Gasteiger partial charge in [0.15, 0.2) is 0 Å². The molecule has 0 aromatic heterocycles. The van der Waals surface area contributed by atoms with Crippen LogP contribution in [0.3, 0.4) is 0 Å². The van der Waals surface area contributed by atoms with E-state index in [0.717, 1.165) is 32.5 Å². The standard InChI is InChI=1S/C13H25N3O.2ClH/c1-2-16-9-4-3-6-11(16)10-15-13(17)12-7-5-8-14-12;;/h11-12,14H,2-10H2,1H3,(H,15,17);2*1H. The Kier molecular flexibility index (Phi) is 9.79. The Labute approximate surface area is 128 Å². The fourth-order valence-electron chi connectivity index (χ4n) is 2.96. The van der Waals surface area contributed by atoms with Crippen LogP contribution in [0.2, 0.25) is 0 Å². The van der Waals surface area contributed by atoms with Crippen molar-refractivity contribution in [1.82, 2.24) is 15.5 Å². The van der Waals surface area contributed by atoms with Gasteiger partial charge < -0.3 is 10.6 Å². The van der Waals surface area contributed by atoms with Crippen LogP contribution in [0.5, 0.6) is 0 Å². The van der Waals surface area contributed by atoms with Gasteiger partial charge in [-0.1, -0.05) is 13.3 Å². The molecule has 2 aliphatic rings. The van der Waals surface area contributed by atoms with E-state index in [4.69, 9.17) is 0 Å². The van der Waals surface area contributed by atoms with Crippen molar-refractivity contribution in [3.63, 3.8) is 0 Å². The highest BCUT2D eigenvalue weighted by atomic mass is 35.5. The van der Waals surface area contributed by atoms with Crippen LogP contribution in [0.15, 0.2) is 0 Å². The molecule has 2 N–H and O–H groups in total. The SMILES string of the molecule is CCN1CCCCC1CNC(=O)C1CCCN1.Cl.Cl. The van der Waals surface area contributed by atoms with Crippen molar-refractivity contribution in [3.05, 3.63) is 0 Å². The fourth-order valence-corrected chi connectivity index (χ4v) is 2.96. The van der Waals surface area contributed by atoms with Crippen LogP contribution in [0, 0.1) is 0 Å². The van der Waals surface area contributed by atoms with Gasteiger partial charge in [0.05, 0.1) is 6.04 Å². The van der Waals surface area contributed by atoms with Crippen LogP contribution in [0.25, 0.3) is 0 Å². The van der Waals surface area contributed by atoms with Gasteiger partial charge >= 0.3 is 0 Å². The second kappa shape index (κ2) is 9.81. The molecule has 6 heteroatoms. The molecule has 2 saturated heterocycles. The maximum absolute atomic E-state index is 11.9. The lowest BCUT2D eigenvalue weighted by molar-refractivity contribution is -0.123. The summed E-state index contributed by atoms with van der Waals surface area (Å²) < 4.78 is 0. The summed E-state index contributed by atoms with van der Waals surface area (Å²) in [6, 6.07) is 0.618. The maximum Gasteiger partial charge on any atom is 0.237 e. The number of likely N-dealkylation sites (N-methyl/N-ethyl adjacent to an activating group) is 1. The van der Waals surface area contributed by atoms with E-state index in [1.54, 1.807) is 0 Å². The van der Waals surface area contributed by atoms with Gasteiger partial charge in [-0.25, -0.2) is 0 Å².